The van der Waals surface area contributed by atoms with E-state index in [1.54, 1.807) is 17.0 Å². The maximum Gasteiger partial charge on any atom is 0.309 e. The van der Waals surface area contributed by atoms with Crippen LogP contribution in [0.15, 0.2) is 29.2 Å². The summed E-state index contributed by atoms with van der Waals surface area (Å²) >= 11 is 0. The number of hydrogen-bond donors (Lipinski definition) is 0. The molecule has 0 unspecified atom stereocenters. The lowest BCUT2D eigenvalue weighted by atomic mass is 10.0. The van der Waals surface area contributed by atoms with Crippen molar-refractivity contribution >= 4 is 21.9 Å². The number of ether oxygens (including phenoxy) is 1. The highest BCUT2D eigenvalue weighted by atomic mass is 32.2. The maximum atomic E-state index is 12.8. The van der Waals surface area contributed by atoms with Crippen LogP contribution < -0.4 is 0 Å². The van der Waals surface area contributed by atoms with Crippen molar-refractivity contribution < 1.29 is 22.7 Å². The van der Waals surface area contributed by atoms with E-state index in [2.05, 4.69) is 13.8 Å². The van der Waals surface area contributed by atoms with Crippen molar-refractivity contribution in [2.45, 2.75) is 38.0 Å². The molecule has 8 heteroatoms. The van der Waals surface area contributed by atoms with Gasteiger partial charge in [0, 0.05) is 26.2 Å². The summed E-state index contributed by atoms with van der Waals surface area (Å²) in [4.78, 5) is 25.8. The lowest BCUT2D eigenvalue weighted by molar-refractivity contribution is -0.153. The van der Waals surface area contributed by atoms with Crippen LogP contribution in [-0.4, -0.2) is 62.3 Å². The fraction of sp³-hybridized carbons (Fsp3) is 0.600. The van der Waals surface area contributed by atoms with Crippen molar-refractivity contribution in [1.82, 2.24) is 9.21 Å². The average molecular weight is 409 g/mol. The fourth-order valence-corrected chi connectivity index (χ4v) is 4.76. The summed E-state index contributed by atoms with van der Waals surface area (Å²) in [5.74, 6) is 0.0123. The van der Waals surface area contributed by atoms with Gasteiger partial charge in [-0.05, 0) is 36.0 Å². The minimum atomic E-state index is -3.58. The first kappa shape index (κ1) is 20.8. The molecule has 3 rings (SSSR count). The Hall–Kier alpha value is -1.93. The summed E-state index contributed by atoms with van der Waals surface area (Å²) in [6.45, 7) is 6.86. The quantitative estimate of drug-likeness (QED) is 0.671. The van der Waals surface area contributed by atoms with Gasteiger partial charge in [-0.1, -0.05) is 32.9 Å². The highest BCUT2D eigenvalue weighted by Gasteiger charge is 2.41. The molecule has 154 valence electrons. The van der Waals surface area contributed by atoms with Gasteiger partial charge in [0.05, 0.1) is 10.8 Å². The number of amides is 1. The Labute approximate surface area is 166 Å². The Morgan fingerprint density at radius 1 is 1.11 bits per heavy atom. The number of rotatable bonds is 6. The predicted octanol–water partition coefficient (Wildman–Crippen LogP) is 1.84. The van der Waals surface area contributed by atoms with Gasteiger partial charge in [-0.3, -0.25) is 9.59 Å². The van der Waals surface area contributed by atoms with Crippen LogP contribution in [0.25, 0.3) is 0 Å². The van der Waals surface area contributed by atoms with Crippen LogP contribution in [0.1, 0.15) is 38.7 Å². The van der Waals surface area contributed by atoms with Crippen LogP contribution >= 0.6 is 0 Å². The Morgan fingerprint density at radius 3 is 2.18 bits per heavy atom. The summed E-state index contributed by atoms with van der Waals surface area (Å²) in [5.41, 5.74) is 1.09. The van der Waals surface area contributed by atoms with Gasteiger partial charge in [0.2, 0.25) is 10.0 Å². The molecular weight excluding hydrogens is 380 g/mol. The molecule has 2 aliphatic rings. The molecule has 1 aliphatic heterocycles. The number of benzene rings is 1. The molecule has 0 bridgehead atoms. The minimum absolute atomic E-state index is 0.0723. The number of sulfonamides is 1. The first-order chi connectivity index (χ1) is 13.2. The third-order valence-corrected chi connectivity index (χ3v) is 7.44. The predicted molar refractivity (Wildman–Crippen MR) is 104 cm³/mol. The summed E-state index contributed by atoms with van der Waals surface area (Å²) in [6, 6.07) is 6.96. The number of carbonyl (C=O) groups is 2. The molecular formula is C20H28N2O5S. The van der Waals surface area contributed by atoms with Gasteiger partial charge >= 0.3 is 5.97 Å². The molecule has 1 aromatic carbocycles. The summed E-state index contributed by atoms with van der Waals surface area (Å²) in [7, 11) is -3.58. The van der Waals surface area contributed by atoms with Crippen molar-refractivity contribution in [3.63, 3.8) is 0 Å². The van der Waals surface area contributed by atoms with Crippen LogP contribution in [0.5, 0.6) is 0 Å². The average Bonchev–Trinajstić information content (AvgIpc) is 3.42. The van der Waals surface area contributed by atoms with Gasteiger partial charge < -0.3 is 9.64 Å². The smallest absolute Gasteiger partial charge is 0.309 e. The van der Waals surface area contributed by atoms with E-state index in [0.29, 0.717) is 24.9 Å². The van der Waals surface area contributed by atoms with E-state index in [9.17, 15) is 18.0 Å². The second kappa shape index (κ2) is 8.21. The van der Waals surface area contributed by atoms with Gasteiger partial charge in [0.1, 0.15) is 0 Å². The number of nitrogens with zero attached hydrogens (tertiary/aromatic N) is 2. The first-order valence-electron chi connectivity index (χ1n) is 9.74. The molecule has 1 aliphatic carbocycles. The number of esters is 1. The van der Waals surface area contributed by atoms with E-state index in [4.69, 9.17) is 4.74 Å². The van der Waals surface area contributed by atoms with E-state index in [0.717, 1.165) is 12.0 Å². The third kappa shape index (κ3) is 4.55. The molecule has 0 radical (unpaired) electrons. The molecule has 0 aromatic heterocycles. The normalized spacial score (nSPS) is 22.9. The Morgan fingerprint density at radius 2 is 1.68 bits per heavy atom. The SMILES string of the molecule is CC(C)c1ccc(S(=O)(=O)N2CCN(C(=O)COC(=O)[C@@H]3C[C@H]3C)CC2)cc1. The zero-order valence-corrected chi connectivity index (χ0v) is 17.4. The van der Waals surface area contributed by atoms with Crippen molar-refractivity contribution in [1.29, 1.82) is 0 Å². The largest absolute Gasteiger partial charge is 0.455 e. The van der Waals surface area contributed by atoms with Gasteiger partial charge in [0.25, 0.3) is 5.91 Å². The first-order valence-corrected chi connectivity index (χ1v) is 11.2. The molecule has 0 spiro atoms. The fourth-order valence-electron chi connectivity index (χ4n) is 3.33. The molecule has 7 nitrogen and oxygen atoms in total. The van der Waals surface area contributed by atoms with Crippen molar-refractivity contribution in [3.05, 3.63) is 29.8 Å². The molecule has 2 fully saturated rings. The lowest BCUT2D eigenvalue weighted by Gasteiger charge is -2.33. The summed E-state index contributed by atoms with van der Waals surface area (Å²) < 4.78 is 32.1. The van der Waals surface area contributed by atoms with Crippen LogP contribution in [0.3, 0.4) is 0 Å². The molecule has 2 atom stereocenters. The monoisotopic (exact) mass is 408 g/mol. The van der Waals surface area contributed by atoms with Crippen molar-refractivity contribution in [2.75, 3.05) is 32.8 Å². The van der Waals surface area contributed by atoms with Gasteiger partial charge in [0.15, 0.2) is 6.61 Å². The Balaban J connectivity index is 1.52. The zero-order valence-electron chi connectivity index (χ0n) is 16.6. The van der Waals surface area contributed by atoms with Gasteiger partial charge in [-0.15, -0.1) is 0 Å². The van der Waals surface area contributed by atoms with Crippen molar-refractivity contribution in [2.24, 2.45) is 11.8 Å². The Bertz CT molecular complexity index is 827. The van der Waals surface area contributed by atoms with Gasteiger partial charge in [-0.2, -0.15) is 4.31 Å². The molecule has 1 amide bonds. The lowest BCUT2D eigenvalue weighted by Crippen LogP contribution is -2.51. The molecule has 1 aromatic rings. The maximum absolute atomic E-state index is 12.8. The second-order valence-electron chi connectivity index (χ2n) is 7.94. The molecule has 1 saturated heterocycles. The third-order valence-electron chi connectivity index (χ3n) is 5.53. The number of carbonyl (C=O) groups excluding carboxylic acids is 2. The molecule has 1 saturated carbocycles. The van der Waals surface area contributed by atoms with Crippen LogP contribution in [0.2, 0.25) is 0 Å². The molecule has 28 heavy (non-hydrogen) atoms. The van der Waals surface area contributed by atoms with Crippen LogP contribution in [0, 0.1) is 11.8 Å². The minimum Gasteiger partial charge on any atom is -0.455 e. The highest BCUT2D eigenvalue weighted by molar-refractivity contribution is 7.89. The molecule has 0 N–H and O–H groups in total. The number of piperazine rings is 1. The number of hydrogen-bond acceptors (Lipinski definition) is 5. The van der Waals surface area contributed by atoms with Crippen LogP contribution in [-0.2, 0) is 24.3 Å². The van der Waals surface area contributed by atoms with E-state index >= 15 is 0 Å². The summed E-state index contributed by atoms with van der Waals surface area (Å²) in [5, 5.41) is 0. The van der Waals surface area contributed by atoms with E-state index in [-0.39, 0.29) is 42.4 Å². The van der Waals surface area contributed by atoms with Gasteiger partial charge in [-0.25, -0.2) is 8.42 Å². The van der Waals surface area contributed by atoms with E-state index in [1.165, 1.54) is 4.31 Å². The van der Waals surface area contributed by atoms with Crippen LogP contribution in [0.4, 0.5) is 0 Å². The van der Waals surface area contributed by atoms with E-state index < -0.39 is 10.0 Å². The van der Waals surface area contributed by atoms with Crippen molar-refractivity contribution in [3.8, 4) is 0 Å². The highest BCUT2D eigenvalue weighted by Crippen LogP contribution is 2.38. The topological polar surface area (TPSA) is 84.0 Å². The zero-order chi connectivity index (χ0) is 20.5. The summed E-state index contributed by atoms with van der Waals surface area (Å²) in [6.07, 6.45) is 0.821. The second-order valence-corrected chi connectivity index (χ2v) is 9.87. The standard InChI is InChI=1S/C20H28N2O5S/c1-14(2)16-4-6-17(7-5-16)28(25,26)22-10-8-21(9-11-22)19(23)13-27-20(24)18-12-15(18)3/h4-7,14-15,18H,8-13H2,1-3H3/t15-,18-/m1/s1. The molecule has 1 heterocycles. The Kier molecular flexibility index (Phi) is 6.09. The van der Waals surface area contributed by atoms with E-state index in [1.807, 2.05) is 19.1 Å².